The first-order valence-corrected chi connectivity index (χ1v) is 11.0. The van der Waals surface area contributed by atoms with Crippen LogP contribution in [0.25, 0.3) is 0 Å². The fourth-order valence-corrected chi connectivity index (χ4v) is 4.94. The largest absolute Gasteiger partial charge is 0.338 e. The molecule has 2 heterocycles. The van der Waals surface area contributed by atoms with Gasteiger partial charge in [-0.05, 0) is 67.6 Å². The molecular weight excluding hydrogens is 368 g/mol. The van der Waals surface area contributed by atoms with Gasteiger partial charge in [-0.15, -0.1) is 0 Å². The number of piperazine rings is 1. The molecule has 0 radical (unpaired) electrons. The van der Waals surface area contributed by atoms with Gasteiger partial charge in [0.25, 0.3) is 5.91 Å². The Hall–Kier alpha value is -1.66. The van der Waals surface area contributed by atoms with E-state index in [1.165, 1.54) is 22.4 Å². The van der Waals surface area contributed by atoms with Gasteiger partial charge in [0, 0.05) is 18.8 Å². The van der Waals surface area contributed by atoms with E-state index in [9.17, 15) is 4.79 Å². The molecule has 28 heavy (non-hydrogen) atoms. The van der Waals surface area contributed by atoms with Crippen molar-refractivity contribution in [2.75, 3.05) is 51.1 Å². The predicted molar refractivity (Wildman–Crippen MR) is 119 cm³/mol. The van der Waals surface area contributed by atoms with Gasteiger partial charge in [-0.2, -0.15) is 0 Å². The van der Waals surface area contributed by atoms with Crippen LogP contribution in [0.3, 0.4) is 0 Å². The molecule has 1 aromatic rings. The molecular formula is C22H35N4OS+. The van der Waals surface area contributed by atoms with E-state index in [2.05, 4.69) is 61.0 Å². The topological polar surface area (TPSA) is 40.0 Å². The minimum atomic E-state index is 0.317. The van der Waals surface area contributed by atoms with Crippen LogP contribution in [0.15, 0.2) is 18.2 Å². The Balaban J connectivity index is 1.46. The highest BCUT2D eigenvalue weighted by molar-refractivity contribution is 7.80. The number of carbonyl (C=O) groups is 1. The predicted octanol–water partition coefficient (Wildman–Crippen LogP) is 1.71. The number of anilines is 1. The van der Waals surface area contributed by atoms with E-state index in [1.807, 2.05) is 0 Å². The van der Waals surface area contributed by atoms with E-state index < -0.39 is 0 Å². The summed E-state index contributed by atoms with van der Waals surface area (Å²) in [5.41, 5.74) is 3.53. The molecule has 1 aromatic carbocycles. The third-order valence-corrected chi connectivity index (χ3v) is 6.21. The van der Waals surface area contributed by atoms with Crippen LogP contribution in [0, 0.1) is 25.7 Å². The van der Waals surface area contributed by atoms with Crippen LogP contribution in [-0.4, -0.2) is 66.6 Å². The maximum Gasteiger partial charge on any atom is 0.277 e. The summed E-state index contributed by atoms with van der Waals surface area (Å²) >= 11 is 5.63. The first kappa shape index (κ1) is 21.1. The quantitative estimate of drug-likeness (QED) is 0.754. The number of quaternary nitrogens is 1. The highest BCUT2D eigenvalue weighted by atomic mass is 32.1. The second-order valence-electron chi connectivity index (χ2n) is 8.97. The van der Waals surface area contributed by atoms with Gasteiger partial charge >= 0.3 is 0 Å². The Morgan fingerprint density at radius 3 is 2.21 bits per heavy atom. The Labute approximate surface area is 175 Å². The minimum absolute atomic E-state index is 0.317. The highest BCUT2D eigenvalue weighted by Gasteiger charge is 2.29. The average Bonchev–Trinajstić information content (AvgIpc) is 2.60. The molecule has 6 heteroatoms. The van der Waals surface area contributed by atoms with Gasteiger partial charge in [-0.3, -0.25) is 4.79 Å². The molecule has 0 unspecified atom stereocenters. The van der Waals surface area contributed by atoms with E-state index in [-0.39, 0.29) is 0 Å². The smallest absolute Gasteiger partial charge is 0.277 e. The SMILES string of the molecule is Cc1cc(C)cc(NC(=S)N2CC[NH+](CC(=O)N3C[C@H](C)C[C@H](C)C3)CC2)c1. The van der Waals surface area contributed by atoms with Gasteiger partial charge in [-0.25, -0.2) is 0 Å². The molecule has 0 spiro atoms. The molecule has 1 amide bonds. The average molecular weight is 404 g/mol. The third kappa shape index (κ3) is 5.67. The first-order valence-electron chi connectivity index (χ1n) is 10.6. The number of nitrogens with one attached hydrogen (secondary N) is 2. The molecule has 2 N–H and O–H groups in total. The van der Waals surface area contributed by atoms with Gasteiger partial charge < -0.3 is 20.0 Å². The molecule has 2 fully saturated rings. The number of amides is 1. The number of hydrogen-bond donors (Lipinski definition) is 2. The summed E-state index contributed by atoms with van der Waals surface area (Å²) in [5, 5.41) is 4.17. The maximum atomic E-state index is 12.7. The van der Waals surface area contributed by atoms with Gasteiger partial charge in [0.2, 0.25) is 0 Å². The number of likely N-dealkylation sites (tertiary alicyclic amines) is 1. The number of piperidine rings is 1. The van der Waals surface area contributed by atoms with Crippen LogP contribution >= 0.6 is 12.2 Å². The van der Waals surface area contributed by atoms with E-state index in [1.54, 1.807) is 0 Å². The van der Waals surface area contributed by atoms with Crippen LogP contribution in [0.2, 0.25) is 0 Å². The number of carbonyl (C=O) groups excluding carboxylic acids is 1. The molecule has 154 valence electrons. The Morgan fingerprint density at radius 2 is 1.64 bits per heavy atom. The van der Waals surface area contributed by atoms with Crippen molar-refractivity contribution in [3.63, 3.8) is 0 Å². The van der Waals surface area contributed by atoms with E-state index in [4.69, 9.17) is 12.2 Å². The van der Waals surface area contributed by atoms with Crippen LogP contribution in [0.5, 0.6) is 0 Å². The van der Waals surface area contributed by atoms with Crippen molar-refractivity contribution in [2.45, 2.75) is 34.1 Å². The molecule has 3 rings (SSSR count). The molecule has 5 nitrogen and oxygen atoms in total. The Bertz CT molecular complexity index is 684. The fourth-order valence-electron chi connectivity index (χ4n) is 4.64. The Morgan fingerprint density at radius 1 is 1.07 bits per heavy atom. The summed E-state index contributed by atoms with van der Waals surface area (Å²) in [6.45, 7) is 14.9. The number of benzene rings is 1. The summed E-state index contributed by atoms with van der Waals surface area (Å²) in [6.07, 6.45) is 1.24. The maximum absolute atomic E-state index is 12.7. The lowest BCUT2D eigenvalue weighted by atomic mass is 9.92. The fraction of sp³-hybridized carbons (Fsp3) is 0.636. The van der Waals surface area contributed by atoms with Gasteiger partial charge in [-0.1, -0.05) is 19.9 Å². The van der Waals surface area contributed by atoms with Crippen LogP contribution in [0.1, 0.15) is 31.4 Å². The van der Waals surface area contributed by atoms with Crippen molar-refractivity contribution in [1.82, 2.24) is 9.80 Å². The molecule has 0 bridgehead atoms. The van der Waals surface area contributed by atoms with Crippen molar-refractivity contribution in [3.05, 3.63) is 29.3 Å². The molecule has 0 saturated carbocycles. The number of nitrogens with zero attached hydrogens (tertiary/aromatic N) is 2. The zero-order valence-electron chi connectivity index (χ0n) is 17.8. The van der Waals surface area contributed by atoms with Crippen LogP contribution < -0.4 is 10.2 Å². The van der Waals surface area contributed by atoms with Crippen molar-refractivity contribution < 1.29 is 9.69 Å². The van der Waals surface area contributed by atoms with E-state index in [0.29, 0.717) is 24.3 Å². The molecule has 2 aliphatic rings. The first-order chi connectivity index (χ1) is 13.3. The van der Waals surface area contributed by atoms with E-state index >= 15 is 0 Å². The number of aryl methyl sites for hydroxylation is 2. The van der Waals surface area contributed by atoms with Crippen molar-refractivity contribution >= 4 is 28.9 Å². The van der Waals surface area contributed by atoms with Crippen molar-refractivity contribution in [1.29, 1.82) is 0 Å². The number of hydrogen-bond acceptors (Lipinski definition) is 2. The van der Waals surface area contributed by atoms with Gasteiger partial charge in [0.05, 0.1) is 26.2 Å². The van der Waals surface area contributed by atoms with Crippen LogP contribution in [-0.2, 0) is 4.79 Å². The zero-order valence-corrected chi connectivity index (χ0v) is 18.6. The summed E-state index contributed by atoms with van der Waals surface area (Å²) in [7, 11) is 0. The van der Waals surface area contributed by atoms with Crippen molar-refractivity contribution in [3.8, 4) is 0 Å². The number of thiocarbonyl (C=S) groups is 1. The second kappa shape index (κ2) is 9.23. The third-order valence-electron chi connectivity index (χ3n) is 5.85. The normalized spacial score (nSPS) is 23.6. The lowest BCUT2D eigenvalue weighted by Gasteiger charge is -2.37. The molecule has 2 aliphatic heterocycles. The second-order valence-corrected chi connectivity index (χ2v) is 9.35. The number of rotatable bonds is 3. The molecule has 2 saturated heterocycles. The highest BCUT2D eigenvalue weighted by Crippen LogP contribution is 2.20. The molecule has 2 atom stereocenters. The standard InChI is InChI=1S/C22H34N4OS/c1-16-9-17(2)12-20(11-16)23-22(28)25-7-5-24(6-8-25)15-21(27)26-13-18(3)10-19(4)14-26/h9,11-12,18-19H,5-8,10,13-15H2,1-4H3,(H,23,28)/p+1/t18-,19+. The van der Waals surface area contributed by atoms with Gasteiger partial charge in [0.1, 0.15) is 0 Å². The van der Waals surface area contributed by atoms with Crippen LogP contribution in [0.4, 0.5) is 5.69 Å². The summed E-state index contributed by atoms with van der Waals surface area (Å²) < 4.78 is 0. The van der Waals surface area contributed by atoms with Crippen molar-refractivity contribution in [2.24, 2.45) is 11.8 Å². The zero-order chi connectivity index (χ0) is 20.3. The lowest BCUT2D eigenvalue weighted by molar-refractivity contribution is -0.896. The van der Waals surface area contributed by atoms with Gasteiger partial charge in [0.15, 0.2) is 11.7 Å². The summed E-state index contributed by atoms with van der Waals surface area (Å²) in [6, 6.07) is 6.41. The van der Waals surface area contributed by atoms with E-state index in [0.717, 1.165) is 50.1 Å². The summed E-state index contributed by atoms with van der Waals surface area (Å²) in [4.78, 5) is 18.4. The molecule has 0 aliphatic carbocycles. The monoisotopic (exact) mass is 403 g/mol. The minimum Gasteiger partial charge on any atom is -0.338 e. The molecule has 0 aromatic heterocycles. The lowest BCUT2D eigenvalue weighted by Crippen LogP contribution is -3.15. The Kier molecular flexibility index (Phi) is 6.94. The summed E-state index contributed by atoms with van der Waals surface area (Å²) in [5.74, 6) is 1.55.